The van der Waals surface area contributed by atoms with Gasteiger partial charge in [-0.3, -0.25) is 4.79 Å². The van der Waals surface area contributed by atoms with Gasteiger partial charge in [0.1, 0.15) is 0 Å². The summed E-state index contributed by atoms with van der Waals surface area (Å²) in [5.74, 6) is 0.363. The van der Waals surface area contributed by atoms with Gasteiger partial charge in [0, 0.05) is 24.8 Å². The van der Waals surface area contributed by atoms with E-state index in [1.807, 2.05) is 31.2 Å². The quantitative estimate of drug-likeness (QED) is 0.880. The summed E-state index contributed by atoms with van der Waals surface area (Å²) in [7, 11) is 1.65. The molecule has 2 N–H and O–H groups in total. The molecule has 0 heterocycles. The molecular weight excluding hydrogens is 260 g/mol. The van der Waals surface area contributed by atoms with Crippen LogP contribution in [0.15, 0.2) is 48.5 Å². The second kappa shape index (κ2) is 6.93. The Bertz CT molecular complexity index is 608. The topological polar surface area (TPSA) is 41.1 Å². The van der Waals surface area contributed by atoms with E-state index in [4.69, 9.17) is 0 Å². The Kier molecular flexibility index (Phi) is 4.99. The third-order valence-corrected chi connectivity index (χ3v) is 3.77. The van der Waals surface area contributed by atoms with Gasteiger partial charge in [-0.15, -0.1) is 0 Å². The molecule has 2 aromatic rings. The molecule has 2 aromatic carbocycles. The molecule has 3 heteroatoms. The zero-order chi connectivity index (χ0) is 15.2. The van der Waals surface area contributed by atoms with Gasteiger partial charge >= 0.3 is 0 Å². The molecule has 1 amide bonds. The van der Waals surface area contributed by atoms with Crippen molar-refractivity contribution in [1.82, 2.24) is 5.32 Å². The molecule has 0 fully saturated rings. The Balaban J connectivity index is 2.09. The van der Waals surface area contributed by atoms with Gasteiger partial charge < -0.3 is 10.6 Å². The van der Waals surface area contributed by atoms with Crippen LogP contribution >= 0.6 is 0 Å². The number of hydrogen-bond acceptors (Lipinski definition) is 2. The highest BCUT2D eigenvalue weighted by Crippen LogP contribution is 2.21. The van der Waals surface area contributed by atoms with Crippen molar-refractivity contribution in [3.05, 3.63) is 65.2 Å². The molecule has 2 rings (SSSR count). The Morgan fingerprint density at radius 3 is 2.48 bits per heavy atom. The highest BCUT2D eigenvalue weighted by atomic mass is 16.1. The average Bonchev–Trinajstić information content (AvgIpc) is 2.53. The molecule has 0 bridgehead atoms. The van der Waals surface area contributed by atoms with Crippen LogP contribution in [0.2, 0.25) is 0 Å². The lowest BCUT2D eigenvalue weighted by Crippen LogP contribution is -2.20. The van der Waals surface area contributed by atoms with Crippen molar-refractivity contribution in [3.8, 4) is 0 Å². The fourth-order valence-corrected chi connectivity index (χ4v) is 2.37. The van der Waals surface area contributed by atoms with E-state index >= 15 is 0 Å². The third kappa shape index (κ3) is 3.63. The van der Waals surface area contributed by atoms with Crippen LogP contribution in [-0.4, -0.2) is 19.5 Å². The molecule has 0 saturated carbocycles. The van der Waals surface area contributed by atoms with Crippen LogP contribution in [0.1, 0.15) is 34.3 Å². The van der Waals surface area contributed by atoms with Gasteiger partial charge in [0.05, 0.1) is 0 Å². The number of rotatable bonds is 5. The lowest BCUT2D eigenvalue weighted by molar-refractivity contribution is 0.0962. The normalized spacial score (nSPS) is 11.8. The first-order valence-corrected chi connectivity index (χ1v) is 7.24. The van der Waals surface area contributed by atoms with Gasteiger partial charge in [0.15, 0.2) is 0 Å². The minimum Gasteiger partial charge on any atom is -0.384 e. The summed E-state index contributed by atoms with van der Waals surface area (Å²) < 4.78 is 0. The molecule has 1 atom stereocenters. The lowest BCUT2D eigenvalue weighted by atomic mass is 10.0. The summed E-state index contributed by atoms with van der Waals surface area (Å²) in [5.41, 5.74) is 4.02. The van der Waals surface area contributed by atoms with E-state index in [9.17, 15) is 4.79 Å². The average molecular weight is 282 g/mol. The van der Waals surface area contributed by atoms with Gasteiger partial charge in [-0.25, -0.2) is 0 Å². The maximum atomic E-state index is 11.8. The minimum absolute atomic E-state index is 0.0488. The van der Waals surface area contributed by atoms with Crippen molar-refractivity contribution in [2.75, 3.05) is 18.9 Å². The van der Waals surface area contributed by atoms with E-state index in [0.717, 1.165) is 23.4 Å². The van der Waals surface area contributed by atoms with E-state index in [1.54, 1.807) is 7.05 Å². The predicted octanol–water partition coefficient (Wildman–Crippen LogP) is 3.57. The zero-order valence-corrected chi connectivity index (χ0v) is 12.8. The number of benzene rings is 2. The van der Waals surface area contributed by atoms with Crippen LogP contribution < -0.4 is 10.6 Å². The SMILES string of the molecule is CNC(=O)c1cccc(NCC(C)c2ccccc2)c1C. The molecular formula is C18H22N2O. The van der Waals surface area contributed by atoms with Gasteiger partial charge in [0.2, 0.25) is 0 Å². The number of hydrogen-bond donors (Lipinski definition) is 2. The molecule has 0 aromatic heterocycles. The van der Waals surface area contributed by atoms with Crippen LogP contribution in [0.4, 0.5) is 5.69 Å². The summed E-state index contributed by atoms with van der Waals surface area (Å²) in [5, 5.41) is 6.12. The molecule has 1 unspecified atom stereocenters. The molecule has 0 aliphatic heterocycles. The van der Waals surface area contributed by atoms with E-state index in [0.29, 0.717) is 5.92 Å². The van der Waals surface area contributed by atoms with Crippen LogP contribution in [0.3, 0.4) is 0 Å². The first-order valence-electron chi connectivity index (χ1n) is 7.24. The van der Waals surface area contributed by atoms with Gasteiger partial charge in [-0.05, 0) is 36.1 Å². The molecule has 21 heavy (non-hydrogen) atoms. The highest BCUT2D eigenvalue weighted by Gasteiger charge is 2.11. The van der Waals surface area contributed by atoms with Crippen molar-refractivity contribution in [1.29, 1.82) is 0 Å². The minimum atomic E-state index is -0.0488. The molecule has 0 spiro atoms. The van der Waals surface area contributed by atoms with Crippen LogP contribution in [-0.2, 0) is 0 Å². The third-order valence-electron chi connectivity index (χ3n) is 3.77. The zero-order valence-electron chi connectivity index (χ0n) is 12.8. The maximum absolute atomic E-state index is 11.8. The van der Waals surface area contributed by atoms with Crippen LogP contribution in [0.5, 0.6) is 0 Å². The van der Waals surface area contributed by atoms with E-state index < -0.39 is 0 Å². The first-order chi connectivity index (χ1) is 10.1. The Hall–Kier alpha value is -2.29. The molecule has 3 nitrogen and oxygen atoms in total. The lowest BCUT2D eigenvalue weighted by Gasteiger charge is -2.16. The molecule has 110 valence electrons. The number of nitrogens with one attached hydrogen (secondary N) is 2. The largest absolute Gasteiger partial charge is 0.384 e. The summed E-state index contributed by atoms with van der Waals surface area (Å²) in [6.07, 6.45) is 0. The van der Waals surface area contributed by atoms with Crippen molar-refractivity contribution < 1.29 is 4.79 Å². The molecule has 0 radical (unpaired) electrons. The fourth-order valence-electron chi connectivity index (χ4n) is 2.37. The van der Waals surface area contributed by atoms with Crippen molar-refractivity contribution in [3.63, 3.8) is 0 Å². The van der Waals surface area contributed by atoms with Crippen molar-refractivity contribution in [2.24, 2.45) is 0 Å². The smallest absolute Gasteiger partial charge is 0.251 e. The van der Waals surface area contributed by atoms with Crippen LogP contribution in [0, 0.1) is 6.92 Å². The van der Waals surface area contributed by atoms with E-state index in [-0.39, 0.29) is 5.91 Å². The number of anilines is 1. The Morgan fingerprint density at radius 1 is 1.10 bits per heavy atom. The second-order valence-electron chi connectivity index (χ2n) is 5.25. The van der Waals surface area contributed by atoms with Crippen molar-refractivity contribution >= 4 is 11.6 Å². The van der Waals surface area contributed by atoms with Gasteiger partial charge in [-0.1, -0.05) is 43.3 Å². The molecule has 0 aliphatic rings. The Morgan fingerprint density at radius 2 is 1.81 bits per heavy atom. The maximum Gasteiger partial charge on any atom is 0.251 e. The number of carbonyl (C=O) groups is 1. The monoisotopic (exact) mass is 282 g/mol. The van der Waals surface area contributed by atoms with E-state index in [1.165, 1.54) is 5.56 Å². The summed E-state index contributed by atoms with van der Waals surface area (Å²) >= 11 is 0. The summed E-state index contributed by atoms with van der Waals surface area (Å²) in [6, 6.07) is 16.2. The first kappa shape index (κ1) is 15.1. The van der Waals surface area contributed by atoms with Crippen LogP contribution in [0.25, 0.3) is 0 Å². The Labute approximate surface area is 126 Å². The van der Waals surface area contributed by atoms with Gasteiger partial charge in [-0.2, -0.15) is 0 Å². The highest BCUT2D eigenvalue weighted by molar-refractivity contribution is 5.96. The molecule has 0 aliphatic carbocycles. The summed E-state index contributed by atoms with van der Waals surface area (Å²) in [4.78, 5) is 11.8. The molecule has 0 saturated heterocycles. The fraction of sp³-hybridized carbons (Fsp3) is 0.278. The summed E-state index contributed by atoms with van der Waals surface area (Å²) in [6.45, 7) is 5.00. The van der Waals surface area contributed by atoms with E-state index in [2.05, 4.69) is 41.8 Å². The number of amides is 1. The second-order valence-corrected chi connectivity index (χ2v) is 5.25. The number of carbonyl (C=O) groups excluding carboxylic acids is 1. The predicted molar refractivity (Wildman–Crippen MR) is 87.9 cm³/mol. The van der Waals surface area contributed by atoms with Crippen molar-refractivity contribution in [2.45, 2.75) is 19.8 Å². The van der Waals surface area contributed by atoms with Gasteiger partial charge in [0.25, 0.3) is 5.91 Å². The standard InChI is InChI=1S/C18H22N2O/c1-13(15-8-5-4-6-9-15)12-20-17-11-7-10-16(14(17)2)18(21)19-3/h4-11,13,20H,12H2,1-3H3,(H,19,21).